The summed E-state index contributed by atoms with van der Waals surface area (Å²) >= 11 is 0. The van der Waals surface area contributed by atoms with E-state index in [0.717, 1.165) is 0 Å². The van der Waals surface area contributed by atoms with Crippen molar-refractivity contribution in [2.45, 2.75) is 19.4 Å². The second-order valence-electron chi connectivity index (χ2n) is 6.59. The molecular formula is C21H23N3O6. The van der Waals surface area contributed by atoms with Gasteiger partial charge in [0.25, 0.3) is 5.56 Å². The second-order valence-corrected chi connectivity index (χ2v) is 6.59. The monoisotopic (exact) mass is 413 g/mol. The van der Waals surface area contributed by atoms with Gasteiger partial charge in [-0.1, -0.05) is 6.07 Å². The fourth-order valence-electron chi connectivity index (χ4n) is 3.73. The number of aliphatic hydroxyl groups is 1. The number of fused-ring (bicyclic) bond motifs is 1. The van der Waals surface area contributed by atoms with E-state index in [1.807, 2.05) is 0 Å². The Balaban J connectivity index is 2.40. The molecule has 2 aromatic rings. The van der Waals surface area contributed by atoms with E-state index >= 15 is 0 Å². The first-order valence-electron chi connectivity index (χ1n) is 9.15. The molecule has 0 unspecified atom stereocenters. The van der Waals surface area contributed by atoms with Crippen molar-refractivity contribution in [3.05, 3.63) is 56.8 Å². The quantitative estimate of drug-likeness (QED) is 0.727. The number of nitrogens with zero attached hydrogens (tertiary/aromatic N) is 2. The number of rotatable bonds is 6. The number of methoxy groups -OCH3 is 3. The highest BCUT2D eigenvalue weighted by atomic mass is 16.5. The van der Waals surface area contributed by atoms with Crippen LogP contribution in [0.5, 0.6) is 23.0 Å². The molecule has 1 aromatic heterocycles. The summed E-state index contributed by atoms with van der Waals surface area (Å²) in [6, 6.07) is 7.08. The van der Waals surface area contributed by atoms with E-state index in [9.17, 15) is 15.2 Å². The zero-order valence-electron chi connectivity index (χ0n) is 17.2. The highest BCUT2D eigenvalue weighted by Crippen LogP contribution is 2.48. The molecule has 1 aliphatic rings. The molecule has 0 spiro atoms. The van der Waals surface area contributed by atoms with E-state index in [4.69, 9.17) is 24.7 Å². The third kappa shape index (κ3) is 3.21. The van der Waals surface area contributed by atoms with Gasteiger partial charge in [-0.25, -0.2) is 0 Å². The van der Waals surface area contributed by atoms with E-state index in [-0.39, 0.29) is 41.5 Å². The van der Waals surface area contributed by atoms with Crippen molar-refractivity contribution in [2.75, 3.05) is 27.9 Å². The Bertz CT molecular complexity index is 1110. The molecule has 9 heteroatoms. The van der Waals surface area contributed by atoms with Gasteiger partial charge >= 0.3 is 0 Å². The molecule has 1 aromatic carbocycles. The molecule has 3 rings (SSSR count). The van der Waals surface area contributed by atoms with Gasteiger partial charge in [-0.15, -0.1) is 0 Å². The van der Waals surface area contributed by atoms with Crippen molar-refractivity contribution < 1.29 is 24.1 Å². The predicted molar refractivity (Wildman–Crippen MR) is 108 cm³/mol. The van der Waals surface area contributed by atoms with Crippen LogP contribution in [0.15, 0.2) is 34.4 Å². The lowest BCUT2D eigenvalue weighted by atomic mass is 9.83. The van der Waals surface area contributed by atoms with E-state index in [1.54, 1.807) is 25.1 Å². The summed E-state index contributed by atoms with van der Waals surface area (Å²) in [4.78, 5) is 13.4. The maximum absolute atomic E-state index is 13.4. The Hall–Kier alpha value is -3.64. The topological polar surface area (TPSA) is 129 Å². The maximum Gasteiger partial charge on any atom is 0.258 e. The lowest BCUT2D eigenvalue weighted by molar-refractivity contribution is 0.271. The lowest BCUT2D eigenvalue weighted by Crippen LogP contribution is -2.33. The number of benzene rings is 1. The highest BCUT2D eigenvalue weighted by Gasteiger charge is 2.37. The number of nitrogens with two attached hydrogens (primary N) is 1. The van der Waals surface area contributed by atoms with E-state index < -0.39 is 5.92 Å². The van der Waals surface area contributed by atoms with Crippen molar-refractivity contribution in [2.24, 2.45) is 5.73 Å². The summed E-state index contributed by atoms with van der Waals surface area (Å²) in [5.41, 5.74) is 7.04. The molecule has 1 atom stereocenters. The summed E-state index contributed by atoms with van der Waals surface area (Å²) in [5, 5.41) is 19.2. The third-order valence-corrected chi connectivity index (χ3v) is 5.06. The van der Waals surface area contributed by atoms with Gasteiger partial charge < -0.3 is 34.4 Å². The average molecular weight is 413 g/mol. The molecule has 3 N–H and O–H groups in total. The maximum atomic E-state index is 13.4. The van der Waals surface area contributed by atoms with Crippen LogP contribution >= 0.6 is 0 Å². The zero-order valence-corrected chi connectivity index (χ0v) is 17.2. The molecule has 2 heterocycles. The fourth-order valence-corrected chi connectivity index (χ4v) is 3.73. The smallest absolute Gasteiger partial charge is 0.258 e. The van der Waals surface area contributed by atoms with Gasteiger partial charge in [-0.2, -0.15) is 5.26 Å². The summed E-state index contributed by atoms with van der Waals surface area (Å²) < 4.78 is 23.4. The molecule has 0 fully saturated rings. The molecule has 0 saturated heterocycles. The van der Waals surface area contributed by atoms with Crippen LogP contribution in [0.1, 0.15) is 22.7 Å². The molecule has 9 nitrogen and oxygen atoms in total. The normalized spacial score (nSPS) is 15.1. The van der Waals surface area contributed by atoms with Gasteiger partial charge in [0.1, 0.15) is 17.4 Å². The number of pyridine rings is 1. The SMILES string of the molecule is COc1ccc([C@@H]2C(C#N)=C(N)Oc3cc(C)n(CCO)c(=O)c32)c(OC)c1OC. The van der Waals surface area contributed by atoms with Crippen LogP contribution in [0, 0.1) is 18.3 Å². The predicted octanol–water partition coefficient (Wildman–Crippen LogP) is 1.39. The van der Waals surface area contributed by atoms with Gasteiger partial charge in [0.05, 0.1) is 39.4 Å². The van der Waals surface area contributed by atoms with Gasteiger partial charge in [0, 0.05) is 23.9 Å². The first-order chi connectivity index (χ1) is 14.4. The van der Waals surface area contributed by atoms with Crippen LogP contribution in [0.4, 0.5) is 0 Å². The van der Waals surface area contributed by atoms with Crippen molar-refractivity contribution in [1.29, 1.82) is 5.26 Å². The van der Waals surface area contributed by atoms with Crippen molar-refractivity contribution in [3.8, 4) is 29.1 Å². The second kappa shape index (κ2) is 8.39. The van der Waals surface area contributed by atoms with Crippen LogP contribution in [0.25, 0.3) is 0 Å². The number of hydrogen-bond acceptors (Lipinski definition) is 8. The molecular weight excluding hydrogens is 390 g/mol. The molecule has 0 radical (unpaired) electrons. The Morgan fingerprint density at radius 2 is 1.93 bits per heavy atom. The average Bonchev–Trinajstić information content (AvgIpc) is 2.74. The van der Waals surface area contributed by atoms with Gasteiger partial charge in [0.15, 0.2) is 11.5 Å². The Morgan fingerprint density at radius 3 is 2.50 bits per heavy atom. The standard InChI is InChI=1S/C21H23N3O6/c1-11-9-15-17(21(26)24(11)7-8-25)16(13(10-22)20(23)30-15)12-5-6-14(27-2)19(29-4)18(12)28-3/h5-6,9,16,25H,7-8,23H2,1-4H3/t16-/m1/s1. The first-order valence-corrected chi connectivity index (χ1v) is 9.15. The molecule has 158 valence electrons. The number of allylic oxidation sites excluding steroid dienone is 1. The van der Waals surface area contributed by atoms with Gasteiger partial charge in [0.2, 0.25) is 11.6 Å². The molecule has 0 aliphatic carbocycles. The van der Waals surface area contributed by atoms with Gasteiger partial charge in [-0.3, -0.25) is 4.79 Å². The van der Waals surface area contributed by atoms with E-state index in [1.165, 1.54) is 25.9 Å². The minimum atomic E-state index is -0.855. The number of aryl methyl sites for hydroxylation is 1. The number of hydrogen-bond donors (Lipinski definition) is 2. The van der Waals surface area contributed by atoms with Crippen molar-refractivity contribution in [3.63, 3.8) is 0 Å². The molecule has 0 amide bonds. The molecule has 0 bridgehead atoms. The largest absolute Gasteiger partial charge is 0.493 e. The van der Waals surface area contributed by atoms with Gasteiger partial charge in [-0.05, 0) is 13.0 Å². The number of aromatic nitrogens is 1. The Morgan fingerprint density at radius 1 is 1.23 bits per heavy atom. The minimum absolute atomic E-state index is 0.0736. The van der Waals surface area contributed by atoms with Crippen molar-refractivity contribution in [1.82, 2.24) is 4.57 Å². The molecule has 30 heavy (non-hydrogen) atoms. The number of ether oxygens (including phenoxy) is 4. The molecule has 0 saturated carbocycles. The van der Waals surface area contributed by atoms with E-state index in [2.05, 4.69) is 6.07 Å². The summed E-state index contributed by atoms with van der Waals surface area (Å²) in [5.74, 6) is 0.373. The zero-order chi connectivity index (χ0) is 22.0. The third-order valence-electron chi connectivity index (χ3n) is 5.06. The first kappa shape index (κ1) is 21.1. The van der Waals surface area contributed by atoms with Crippen LogP contribution in [-0.4, -0.2) is 37.6 Å². The summed E-state index contributed by atoms with van der Waals surface area (Å²) in [7, 11) is 4.42. The van der Waals surface area contributed by atoms with Crippen LogP contribution in [-0.2, 0) is 6.54 Å². The fraction of sp³-hybridized carbons (Fsp3) is 0.333. The Labute approximate surface area is 173 Å². The van der Waals surface area contributed by atoms with Crippen molar-refractivity contribution >= 4 is 0 Å². The summed E-state index contributed by atoms with van der Waals surface area (Å²) in [6.45, 7) is 1.62. The minimum Gasteiger partial charge on any atom is -0.493 e. The summed E-state index contributed by atoms with van der Waals surface area (Å²) in [6.07, 6.45) is 0. The molecule has 1 aliphatic heterocycles. The van der Waals surface area contributed by atoms with Crippen LogP contribution in [0.3, 0.4) is 0 Å². The van der Waals surface area contributed by atoms with Crippen LogP contribution < -0.4 is 30.2 Å². The highest BCUT2D eigenvalue weighted by molar-refractivity contribution is 5.64. The Kier molecular flexibility index (Phi) is 5.89. The van der Waals surface area contributed by atoms with Crippen LogP contribution in [0.2, 0.25) is 0 Å². The number of aliphatic hydroxyl groups excluding tert-OH is 1. The lowest BCUT2D eigenvalue weighted by Gasteiger charge is -2.28. The van der Waals surface area contributed by atoms with E-state index in [0.29, 0.717) is 28.5 Å². The number of nitriles is 1.